The molecule has 1 amide bonds. The Labute approximate surface area is 191 Å². The average molecular weight is 472 g/mol. The monoisotopic (exact) mass is 472 g/mol. The highest BCUT2D eigenvalue weighted by Gasteiger charge is 2.31. The van der Waals surface area contributed by atoms with Crippen LogP contribution in [0.25, 0.3) is 5.52 Å². The summed E-state index contributed by atoms with van der Waals surface area (Å²) in [5, 5.41) is 10.7. The smallest absolute Gasteiger partial charge is 0.416 e. The SMILES string of the molecule is COc1ccc(C(F)(F)F)cc1CC(=O)c1cc([C@@H](C)NC(=O)c2cnn3ccccc23)no1. The highest BCUT2D eigenvalue weighted by molar-refractivity contribution is 6.00. The Morgan fingerprint density at radius 3 is 2.74 bits per heavy atom. The van der Waals surface area contributed by atoms with Gasteiger partial charge in [-0.15, -0.1) is 0 Å². The van der Waals surface area contributed by atoms with Crippen molar-refractivity contribution >= 4 is 17.2 Å². The number of hydrogen-bond donors (Lipinski definition) is 1. The summed E-state index contributed by atoms with van der Waals surface area (Å²) in [6.07, 6.45) is -1.79. The van der Waals surface area contributed by atoms with Crippen molar-refractivity contribution in [3.8, 4) is 5.75 Å². The van der Waals surface area contributed by atoms with Gasteiger partial charge in [0.25, 0.3) is 5.91 Å². The number of nitrogens with zero attached hydrogens (tertiary/aromatic N) is 3. The summed E-state index contributed by atoms with van der Waals surface area (Å²) >= 11 is 0. The zero-order valence-corrected chi connectivity index (χ0v) is 18.1. The van der Waals surface area contributed by atoms with Gasteiger partial charge in [0.05, 0.1) is 36.0 Å². The number of aromatic nitrogens is 3. The molecule has 0 saturated heterocycles. The molecule has 0 aliphatic rings. The van der Waals surface area contributed by atoms with Crippen molar-refractivity contribution in [2.75, 3.05) is 7.11 Å². The van der Waals surface area contributed by atoms with E-state index in [1.165, 1.54) is 19.4 Å². The third-order valence-electron chi connectivity index (χ3n) is 5.22. The molecule has 0 bridgehead atoms. The van der Waals surface area contributed by atoms with Crippen LogP contribution in [0.2, 0.25) is 0 Å². The van der Waals surface area contributed by atoms with Gasteiger partial charge < -0.3 is 14.6 Å². The van der Waals surface area contributed by atoms with Gasteiger partial charge in [-0.3, -0.25) is 9.59 Å². The lowest BCUT2D eigenvalue weighted by Gasteiger charge is -2.12. The van der Waals surface area contributed by atoms with Crippen LogP contribution in [0.4, 0.5) is 13.2 Å². The van der Waals surface area contributed by atoms with Gasteiger partial charge in [0.1, 0.15) is 11.4 Å². The highest BCUT2D eigenvalue weighted by Crippen LogP contribution is 2.33. The number of carbonyl (C=O) groups excluding carboxylic acids is 2. The molecule has 0 saturated carbocycles. The predicted octanol–water partition coefficient (Wildman–Crippen LogP) is 4.27. The minimum atomic E-state index is -4.56. The van der Waals surface area contributed by atoms with Gasteiger partial charge >= 0.3 is 6.18 Å². The summed E-state index contributed by atoms with van der Waals surface area (Å²) in [5.74, 6) is -0.975. The van der Waals surface area contributed by atoms with E-state index >= 15 is 0 Å². The van der Waals surface area contributed by atoms with Crippen LogP contribution < -0.4 is 10.1 Å². The minimum Gasteiger partial charge on any atom is -0.496 e. The van der Waals surface area contributed by atoms with E-state index in [1.54, 1.807) is 35.8 Å². The lowest BCUT2D eigenvalue weighted by atomic mass is 10.0. The van der Waals surface area contributed by atoms with Gasteiger partial charge in [0.15, 0.2) is 0 Å². The standard InChI is InChI=1S/C23H19F3N4O4/c1-13(28-22(32)16-12-27-30-8-4-3-5-18(16)30)17-11-21(34-29-17)19(31)10-14-9-15(23(24,25)26)6-7-20(14)33-2/h3-9,11-13H,10H2,1-2H3,(H,28,32)/t13-/m1/s1. The van der Waals surface area contributed by atoms with Crippen LogP contribution in [0.15, 0.2) is 59.4 Å². The quantitative estimate of drug-likeness (QED) is 0.404. The van der Waals surface area contributed by atoms with Crippen LogP contribution in [0.1, 0.15) is 50.7 Å². The van der Waals surface area contributed by atoms with Crippen LogP contribution in [0.3, 0.4) is 0 Å². The van der Waals surface area contributed by atoms with Gasteiger partial charge in [-0.05, 0) is 37.3 Å². The molecular weight excluding hydrogens is 453 g/mol. The topological polar surface area (TPSA) is 98.7 Å². The number of fused-ring (bicyclic) bond motifs is 1. The number of alkyl halides is 3. The van der Waals surface area contributed by atoms with Crippen LogP contribution >= 0.6 is 0 Å². The molecule has 1 atom stereocenters. The van der Waals surface area contributed by atoms with Gasteiger partial charge in [0.2, 0.25) is 11.5 Å². The largest absolute Gasteiger partial charge is 0.496 e. The summed E-state index contributed by atoms with van der Waals surface area (Å²) in [7, 11) is 1.30. The number of halogens is 3. The van der Waals surface area contributed by atoms with Gasteiger partial charge in [-0.2, -0.15) is 18.3 Å². The van der Waals surface area contributed by atoms with Crippen LogP contribution in [0.5, 0.6) is 5.75 Å². The lowest BCUT2D eigenvalue weighted by Crippen LogP contribution is -2.26. The van der Waals surface area contributed by atoms with Crippen molar-refractivity contribution in [1.29, 1.82) is 0 Å². The molecule has 0 aliphatic heterocycles. The summed E-state index contributed by atoms with van der Waals surface area (Å²) in [6.45, 7) is 1.66. The number of Topliss-reactive ketones (excluding diaryl/α,β-unsaturated/α-hetero) is 1. The first-order valence-electron chi connectivity index (χ1n) is 10.1. The maximum Gasteiger partial charge on any atom is 0.416 e. The third-order valence-corrected chi connectivity index (χ3v) is 5.22. The van der Waals surface area contributed by atoms with Gasteiger partial charge in [-0.1, -0.05) is 11.2 Å². The normalized spacial score (nSPS) is 12.5. The van der Waals surface area contributed by atoms with Crippen molar-refractivity contribution in [2.45, 2.75) is 25.6 Å². The zero-order chi connectivity index (χ0) is 24.5. The predicted molar refractivity (Wildman–Crippen MR) is 114 cm³/mol. The molecule has 8 nitrogen and oxygen atoms in total. The Bertz CT molecular complexity index is 1360. The molecule has 0 fully saturated rings. The number of nitrogens with one attached hydrogen (secondary N) is 1. The Balaban J connectivity index is 1.47. The number of benzene rings is 1. The molecule has 0 unspecified atom stereocenters. The van der Waals surface area contributed by atoms with E-state index in [0.717, 1.165) is 18.2 Å². The molecule has 1 N–H and O–H groups in total. The van der Waals surface area contributed by atoms with E-state index in [4.69, 9.17) is 9.26 Å². The van der Waals surface area contributed by atoms with E-state index in [1.807, 2.05) is 0 Å². The Hall–Kier alpha value is -4.15. The van der Waals surface area contributed by atoms with Crippen molar-refractivity contribution < 1.29 is 32.0 Å². The summed E-state index contributed by atoms with van der Waals surface area (Å²) < 4.78 is 50.9. The molecule has 3 aromatic heterocycles. The summed E-state index contributed by atoms with van der Waals surface area (Å²) in [6, 6.07) is 8.97. The Morgan fingerprint density at radius 1 is 1.21 bits per heavy atom. The molecule has 3 heterocycles. The fourth-order valence-electron chi connectivity index (χ4n) is 3.44. The van der Waals surface area contributed by atoms with Gasteiger partial charge in [0, 0.05) is 24.2 Å². The molecule has 0 spiro atoms. The maximum atomic E-state index is 13.1. The van der Waals surface area contributed by atoms with Crippen molar-refractivity contribution in [2.24, 2.45) is 0 Å². The van der Waals surface area contributed by atoms with E-state index < -0.39 is 29.5 Å². The fourth-order valence-corrected chi connectivity index (χ4v) is 3.44. The highest BCUT2D eigenvalue weighted by atomic mass is 19.4. The first-order chi connectivity index (χ1) is 16.2. The molecule has 34 heavy (non-hydrogen) atoms. The molecule has 4 rings (SSSR count). The van der Waals surface area contributed by atoms with Crippen LogP contribution in [0, 0.1) is 0 Å². The number of ketones is 1. The van der Waals surface area contributed by atoms with Gasteiger partial charge in [-0.25, -0.2) is 4.52 Å². The van der Waals surface area contributed by atoms with E-state index in [0.29, 0.717) is 11.1 Å². The Kier molecular flexibility index (Phi) is 6.10. The zero-order valence-electron chi connectivity index (χ0n) is 18.1. The minimum absolute atomic E-state index is 0.0645. The van der Waals surface area contributed by atoms with Crippen LogP contribution in [-0.4, -0.2) is 33.6 Å². The first-order valence-corrected chi connectivity index (χ1v) is 10.1. The maximum absolute atomic E-state index is 13.1. The second-order valence-electron chi connectivity index (χ2n) is 7.52. The number of pyridine rings is 1. The molecule has 0 radical (unpaired) electrons. The summed E-state index contributed by atoms with van der Waals surface area (Å²) in [5.41, 5.74) is 0.444. The Morgan fingerprint density at radius 2 is 2.00 bits per heavy atom. The van der Waals surface area contributed by atoms with Crippen molar-refractivity contribution in [3.05, 3.63) is 83.0 Å². The number of carbonyl (C=O) groups is 2. The first kappa shape index (κ1) is 23.0. The van der Waals surface area contributed by atoms with Crippen molar-refractivity contribution in [3.63, 3.8) is 0 Å². The molecule has 11 heteroatoms. The molecular formula is C23H19F3N4O4. The third kappa shape index (κ3) is 4.63. The van der Waals surface area contributed by atoms with E-state index in [9.17, 15) is 22.8 Å². The molecule has 4 aromatic rings. The number of hydrogen-bond acceptors (Lipinski definition) is 6. The average Bonchev–Trinajstić information content (AvgIpc) is 3.46. The number of ether oxygens (including phenoxy) is 1. The van der Waals surface area contributed by atoms with Crippen LogP contribution in [-0.2, 0) is 12.6 Å². The molecule has 1 aromatic carbocycles. The second-order valence-corrected chi connectivity index (χ2v) is 7.52. The van der Waals surface area contributed by atoms with E-state index in [2.05, 4.69) is 15.6 Å². The lowest BCUT2D eigenvalue weighted by molar-refractivity contribution is -0.137. The molecule has 0 aliphatic carbocycles. The van der Waals surface area contributed by atoms with Crippen molar-refractivity contribution in [1.82, 2.24) is 20.1 Å². The number of amides is 1. The number of rotatable bonds is 7. The second kappa shape index (κ2) is 9.00. The fraction of sp³-hybridized carbons (Fsp3) is 0.217. The van der Waals surface area contributed by atoms with E-state index in [-0.39, 0.29) is 29.2 Å². The molecule has 176 valence electrons. The summed E-state index contributed by atoms with van der Waals surface area (Å²) in [4.78, 5) is 25.3. The number of methoxy groups -OCH3 is 1.